The standard InChI is InChI=1S/C32H16N8O12S4.Cu.4Na/c41-49-51-53-13-1-5-17-21(9-13)29-34-25(17)33-27-19-7-3-15(55(43,44)45)11-23(19)32(37-27)39-28-20-8-4-16(56(46,47)48)12-24(20)31(38-28)36-26-18-6-2-14(54-52-50-42)10-22(18)30(35-26)40-29;;;;;/h1-12H,(H4-2,33,34,35,36,37,38,39,40,41,42,43,44,45,46,47,48);;;;;/q-2;+2;4*+1/p-4. The second-order valence-electron chi connectivity index (χ2n) is 11.7. The summed E-state index contributed by atoms with van der Waals surface area (Å²) >= 11 is 1.23. The topological polar surface area (TPSA) is 303 Å². The molecular formula is C32H12CuN8Na4O12S4. The molecule has 2 aliphatic rings. The first kappa shape index (κ1) is 52.7. The van der Waals surface area contributed by atoms with Crippen molar-refractivity contribution >= 4 is 88.5 Å². The summed E-state index contributed by atoms with van der Waals surface area (Å²) in [5.41, 5.74) is 1.14. The van der Waals surface area contributed by atoms with Crippen molar-refractivity contribution < 1.29 is 190 Å². The summed E-state index contributed by atoms with van der Waals surface area (Å²) in [5, 5.41) is 29.3. The van der Waals surface area contributed by atoms with Crippen LogP contribution in [-0.2, 0) is 56.0 Å². The van der Waals surface area contributed by atoms with Gasteiger partial charge in [0.25, 0.3) is 0 Å². The zero-order valence-electron chi connectivity index (χ0n) is 31.3. The van der Waals surface area contributed by atoms with E-state index in [1.54, 1.807) is 36.4 Å². The Morgan fingerprint density at radius 3 is 1.34 bits per heavy atom. The second kappa shape index (κ2) is 21.1. The van der Waals surface area contributed by atoms with Crippen LogP contribution in [0.15, 0.2) is 92.4 Å². The maximum Gasteiger partial charge on any atom is 2.00 e. The number of hydrogen-bond donors (Lipinski definition) is 0. The minimum atomic E-state index is -4.95. The molecule has 0 saturated carbocycles. The number of fused-ring (bicyclic) bond motifs is 20. The van der Waals surface area contributed by atoms with Gasteiger partial charge in [-0.2, -0.15) is 8.67 Å². The van der Waals surface area contributed by atoms with Gasteiger partial charge in [0.2, 0.25) is 0 Å². The Labute approximate surface area is 450 Å². The monoisotopic (exact) mass is 983 g/mol. The Morgan fingerprint density at radius 2 is 0.836 bits per heavy atom. The van der Waals surface area contributed by atoms with Crippen LogP contribution in [0.4, 0.5) is 0 Å². The average Bonchev–Trinajstić information content (AvgIpc) is 3.90. The van der Waals surface area contributed by atoms with Gasteiger partial charge in [0.15, 0.2) is 0 Å². The van der Waals surface area contributed by atoms with Crippen LogP contribution in [-0.4, -0.2) is 55.8 Å². The van der Waals surface area contributed by atoms with Gasteiger partial charge in [0.05, 0.1) is 57.2 Å². The predicted molar refractivity (Wildman–Crippen MR) is 186 cm³/mol. The predicted octanol–water partition coefficient (Wildman–Crippen LogP) is -9.59. The van der Waals surface area contributed by atoms with Crippen LogP contribution in [0, 0.1) is 0 Å². The van der Waals surface area contributed by atoms with Gasteiger partial charge < -0.3 is 49.5 Å². The third-order valence-electron chi connectivity index (χ3n) is 8.48. The largest absolute Gasteiger partial charge is 2.00 e. The van der Waals surface area contributed by atoms with Crippen LogP contribution in [0.1, 0.15) is 0 Å². The molecule has 1 radical (unpaired) electrons. The molecule has 0 saturated heterocycles. The zero-order valence-corrected chi connectivity index (χ0v) is 43.5. The fourth-order valence-electron chi connectivity index (χ4n) is 6.10. The van der Waals surface area contributed by atoms with Crippen molar-refractivity contribution in [2.75, 3.05) is 0 Å². The molecule has 7 aromatic rings. The summed E-state index contributed by atoms with van der Waals surface area (Å²) < 4.78 is 81.5. The van der Waals surface area contributed by atoms with Crippen molar-refractivity contribution in [1.82, 2.24) is 39.9 Å². The van der Waals surface area contributed by atoms with Gasteiger partial charge in [0.1, 0.15) is 20.2 Å². The summed E-state index contributed by atoms with van der Waals surface area (Å²) in [6, 6.07) is 16.6. The van der Waals surface area contributed by atoms with Crippen molar-refractivity contribution in [2.24, 2.45) is 0 Å². The molecule has 0 unspecified atom stereocenters. The van der Waals surface area contributed by atoms with Gasteiger partial charge >= 0.3 is 135 Å². The Hall–Kier alpha value is -0.961. The van der Waals surface area contributed by atoms with Crippen molar-refractivity contribution in [3.63, 3.8) is 0 Å². The quantitative estimate of drug-likeness (QED) is 0.0449. The molecule has 29 heteroatoms. The van der Waals surface area contributed by atoms with Crippen molar-refractivity contribution in [1.29, 1.82) is 0 Å². The number of rotatable bonds is 8. The van der Waals surface area contributed by atoms with Gasteiger partial charge in [-0.3, -0.25) is 10.1 Å². The van der Waals surface area contributed by atoms with Crippen LogP contribution < -0.4 is 139 Å². The molecule has 2 aliphatic heterocycles. The van der Waals surface area contributed by atoms with E-state index < -0.39 is 30.0 Å². The average molecular weight is 984 g/mol. The first-order chi connectivity index (χ1) is 26.9. The van der Waals surface area contributed by atoms with Crippen LogP contribution in [0.3, 0.4) is 0 Å². The second-order valence-corrected chi connectivity index (χ2v) is 16.0. The molecule has 0 N–H and O–H groups in total. The number of aromatic nitrogens is 8. The van der Waals surface area contributed by atoms with E-state index in [1.165, 1.54) is 12.1 Å². The third-order valence-corrected chi connectivity index (χ3v) is 11.3. The molecule has 0 amide bonds. The Kier molecular flexibility index (Phi) is 18.2. The first-order valence-electron chi connectivity index (χ1n) is 15.3. The van der Waals surface area contributed by atoms with E-state index in [1.807, 2.05) is 0 Å². The number of benzene rings is 4. The maximum absolute atomic E-state index is 12.1. The van der Waals surface area contributed by atoms with E-state index in [0.29, 0.717) is 55.8 Å². The Bertz CT molecular complexity index is 3240. The van der Waals surface area contributed by atoms with Crippen molar-refractivity contribution in [2.45, 2.75) is 19.6 Å². The molecule has 0 spiro atoms. The zero-order chi connectivity index (χ0) is 38.9. The van der Waals surface area contributed by atoms with Crippen LogP contribution in [0.25, 0.3) is 89.7 Å². The Morgan fingerprint density at radius 1 is 0.459 bits per heavy atom. The molecule has 5 heterocycles. The van der Waals surface area contributed by atoms with E-state index in [9.17, 15) is 36.5 Å². The third kappa shape index (κ3) is 10.5. The van der Waals surface area contributed by atoms with E-state index in [2.05, 4.69) is 48.6 Å². The molecule has 8 bridgehead atoms. The molecule has 4 aromatic carbocycles. The summed E-state index contributed by atoms with van der Waals surface area (Å²) in [5.74, 6) is -0.0126. The van der Waals surface area contributed by atoms with E-state index in [0.717, 1.165) is 24.3 Å². The van der Waals surface area contributed by atoms with Crippen LogP contribution in [0.5, 0.6) is 0 Å². The van der Waals surface area contributed by atoms with Gasteiger partial charge in [0, 0.05) is 54.6 Å². The molecule has 0 fully saturated rings. The van der Waals surface area contributed by atoms with E-state index >= 15 is 0 Å². The summed E-state index contributed by atoms with van der Waals surface area (Å²) in [6.07, 6.45) is 0. The van der Waals surface area contributed by atoms with Crippen molar-refractivity contribution in [3.05, 3.63) is 72.8 Å². The summed E-state index contributed by atoms with van der Waals surface area (Å²) in [6.45, 7) is 0. The maximum atomic E-state index is 12.1. The fourth-order valence-corrected chi connectivity index (χ4v) is 7.89. The molecule has 9 rings (SSSR count). The van der Waals surface area contributed by atoms with Crippen molar-refractivity contribution in [3.8, 4) is 45.6 Å². The molecule has 20 nitrogen and oxygen atoms in total. The van der Waals surface area contributed by atoms with Gasteiger partial charge in [-0.25, -0.2) is 26.8 Å². The summed E-state index contributed by atoms with van der Waals surface area (Å²) in [4.78, 5) is 36.9. The molecule has 0 aliphatic carbocycles. The van der Waals surface area contributed by atoms with E-state index in [-0.39, 0.29) is 203 Å². The minimum Gasteiger partial charge on any atom is -0.744 e. The van der Waals surface area contributed by atoms with Gasteiger partial charge in [-0.15, -0.1) is 0 Å². The van der Waals surface area contributed by atoms with E-state index in [4.69, 9.17) is 9.97 Å². The smallest absolute Gasteiger partial charge is 0.744 e. The molecule has 3 aromatic heterocycles. The Balaban J connectivity index is 0.00000164. The molecular weight excluding hydrogens is 972 g/mol. The SMILES string of the molecule is O=S(=O)([O-])c1ccc2c(c1)-c1nc-2nc2[n-]c(nc3nc(nc4[n-]c(n1)c1ccc(SOO[O-])cc41)-c1cc(SOO[O-])ccc1-3)c1ccc(S(=O)(=O)[O-])cc21.[Cu+2].[Na+].[Na+].[Na+].[Na+]. The molecule has 291 valence electrons. The normalized spacial score (nSPS) is 11.6. The van der Waals surface area contributed by atoms with Gasteiger partial charge in [-0.1, -0.05) is 24.3 Å². The number of nitrogens with zero attached hydrogens (tertiary/aromatic N) is 8. The van der Waals surface area contributed by atoms with Crippen LogP contribution in [0.2, 0.25) is 0 Å². The minimum absolute atomic E-state index is 0. The fraction of sp³-hybridized carbons (Fsp3) is 0. The number of hydrogen-bond acceptors (Lipinski definition) is 20. The summed E-state index contributed by atoms with van der Waals surface area (Å²) in [7, 11) is -9.88. The van der Waals surface area contributed by atoms with Crippen LogP contribution >= 0.6 is 24.1 Å². The molecule has 0 atom stereocenters. The van der Waals surface area contributed by atoms with Gasteiger partial charge in [-0.05, 0) is 70.1 Å². The first-order valence-corrected chi connectivity index (χ1v) is 19.6. The molecule has 61 heavy (non-hydrogen) atoms.